The van der Waals surface area contributed by atoms with Gasteiger partial charge in [-0.15, -0.1) is 0 Å². The minimum Gasteiger partial charge on any atom is -0.507 e. The lowest BCUT2D eigenvalue weighted by atomic mass is 9.97. The standard InChI is InChI=1S/C30H31ClF3N5O2/c1-30(2,3)38-10-8-37(9-11-38)25-14-19(17-35-26(25)28(33)34)22-16-20(32)15-21(27(22)40)18-5-6-24(23(31)13-18)39-12-7-36(4)29(39)41/h5-7,12-17,28,40H,8-11H2,1-4H3. The lowest BCUT2D eigenvalue weighted by Gasteiger charge is -2.43. The van der Waals surface area contributed by atoms with Gasteiger partial charge in [-0.25, -0.2) is 18.0 Å². The number of pyridine rings is 1. The molecule has 1 saturated heterocycles. The maximum Gasteiger partial charge on any atom is 0.332 e. The van der Waals surface area contributed by atoms with Gasteiger partial charge in [-0.3, -0.25) is 14.5 Å². The maximum atomic E-state index is 14.9. The summed E-state index contributed by atoms with van der Waals surface area (Å²) >= 11 is 6.50. The number of alkyl halides is 2. The number of hydrogen-bond acceptors (Lipinski definition) is 5. The zero-order chi connectivity index (χ0) is 29.6. The molecule has 0 radical (unpaired) electrons. The average Bonchev–Trinajstić information content (AvgIpc) is 3.26. The van der Waals surface area contributed by atoms with E-state index >= 15 is 0 Å². The van der Waals surface area contributed by atoms with E-state index in [1.165, 1.54) is 33.5 Å². The summed E-state index contributed by atoms with van der Waals surface area (Å²) in [7, 11) is 1.62. The molecule has 0 amide bonds. The molecule has 2 aromatic heterocycles. The van der Waals surface area contributed by atoms with Crippen molar-refractivity contribution >= 4 is 17.3 Å². The predicted molar refractivity (Wildman–Crippen MR) is 155 cm³/mol. The Kier molecular flexibility index (Phi) is 7.65. The van der Waals surface area contributed by atoms with E-state index in [9.17, 15) is 23.1 Å². The molecule has 0 aliphatic carbocycles. The summed E-state index contributed by atoms with van der Waals surface area (Å²) in [5.41, 5.74) is 1.00. The van der Waals surface area contributed by atoms with Crippen LogP contribution in [0.5, 0.6) is 5.75 Å². The third kappa shape index (κ3) is 5.58. The van der Waals surface area contributed by atoms with Gasteiger partial charge in [-0.2, -0.15) is 0 Å². The Bertz CT molecular complexity index is 1650. The van der Waals surface area contributed by atoms with Crippen molar-refractivity contribution in [3.05, 3.63) is 82.0 Å². The van der Waals surface area contributed by atoms with Crippen molar-refractivity contribution in [2.75, 3.05) is 31.1 Å². The number of piperazine rings is 1. The van der Waals surface area contributed by atoms with Crippen LogP contribution in [-0.4, -0.2) is 55.8 Å². The van der Waals surface area contributed by atoms with E-state index in [0.29, 0.717) is 43.0 Å². The normalized spacial score (nSPS) is 14.7. The first kappa shape index (κ1) is 28.8. The van der Waals surface area contributed by atoms with E-state index in [4.69, 9.17) is 11.6 Å². The lowest BCUT2D eigenvalue weighted by molar-refractivity contribution is 0.126. The van der Waals surface area contributed by atoms with E-state index in [1.807, 2.05) is 4.90 Å². The molecule has 1 N–H and O–H groups in total. The van der Waals surface area contributed by atoms with Gasteiger partial charge in [0.05, 0.1) is 16.4 Å². The topological polar surface area (TPSA) is 66.5 Å². The van der Waals surface area contributed by atoms with Gasteiger partial charge in [0.2, 0.25) is 0 Å². The second-order valence-electron chi connectivity index (χ2n) is 11.2. The number of imidazole rings is 1. The van der Waals surface area contributed by atoms with Crippen molar-refractivity contribution in [1.82, 2.24) is 19.0 Å². The van der Waals surface area contributed by atoms with Crippen LogP contribution in [0.3, 0.4) is 0 Å². The number of halogens is 4. The molecule has 216 valence electrons. The summed E-state index contributed by atoms with van der Waals surface area (Å²) in [6.07, 6.45) is 1.61. The summed E-state index contributed by atoms with van der Waals surface area (Å²) in [6.45, 7) is 8.77. The Hall–Kier alpha value is -3.76. The van der Waals surface area contributed by atoms with Crippen molar-refractivity contribution in [3.8, 4) is 33.7 Å². The van der Waals surface area contributed by atoms with Gasteiger partial charge in [0.1, 0.15) is 17.3 Å². The lowest BCUT2D eigenvalue weighted by Crippen LogP contribution is -2.53. The molecular formula is C30H31ClF3N5O2. The van der Waals surface area contributed by atoms with E-state index in [2.05, 4.69) is 30.7 Å². The molecule has 1 aliphatic heterocycles. The number of benzene rings is 2. The van der Waals surface area contributed by atoms with Gasteiger partial charge < -0.3 is 14.6 Å². The fourth-order valence-corrected chi connectivity index (χ4v) is 5.48. The predicted octanol–water partition coefficient (Wildman–Crippen LogP) is 6.26. The van der Waals surface area contributed by atoms with E-state index < -0.39 is 12.2 Å². The summed E-state index contributed by atoms with van der Waals surface area (Å²) < 4.78 is 45.7. The molecule has 5 rings (SSSR count). The number of rotatable bonds is 5. The van der Waals surface area contributed by atoms with Crippen LogP contribution in [-0.2, 0) is 7.05 Å². The van der Waals surface area contributed by atoms with Crippen LogP contribution < -0.4 is 10.6 Å². The Morgan fingerprint density at radius 3 is 2.17 bits per heavy atom. The molecule has 0 atom stereocenters. The molecule has 11 heteroatoms. The second kappa shape index (κ2) is 10.9. The van der Waals surface area contributed by atoms with Crippen molar-refractivity contribution in [3.63, 3.8) is 0 Å². The molecule has 1 fully saturated rings. The summed E-state index contributed by atoms with van der Waals surface area (Å²) in [5.74, 6) is -0.882. The van der Waals surface area contributed by atoms with Gasteiger partial charge in [0.15, 0.2) is 0 Å². The minimum atomic E-state index is -2.80. The molecule has 4 aromatic rings. The largest absolute Gasteiger partial charge is 0.507 e. The number of phenolic OH excluding ortho intramolecular Hbond substituents is 1. The number of nitrogens with zero attached hydrogens (tertiary/aromatic N) is 5. The van der Waals surface area contributed by atoms with E-state index in [1.54, 1.807) is 31.6 Å². The fourth-order valence-electron chi connectivity index (χ4n) is 5.21. The first-order valence-electron chi connectivity index (χ1n) is 13.2. The minimum absolute atomic E-state index is 0.0420. The third-order valence-corrected chi connectivity index (χ3v) is 7.83. The average molecular weight is 586 g/mol. The second-order valence-corrected chi connectivity index (χ2v) is 11.6. The molecule has 0 spiro atoms. The maximum absolute atomic E-state index is 14.9. The molecular weight excluding hydrogens is 555 g/mol. The molecule has 0 bridgehead atoms. The Labute approximate surface area is 241 Å². The molecule has 0 unspecified atom stereocenters. The number of anilines is 1. The van der Waals surface area contributed by atoms with Crippen LogP contribution in [0.25, 0.3) is 27.9 Å². The van der Waals surface area contributed by atoms with Crippen molar-refractivity contribution in [2.45, 2.75) is 32.7 Å². The Morgan fingerprint density at radius 2 is 1.61 bits per heavy atom. The fraction of sp³-hybridized carbons (Fsp3) is 0.333. The summed E-state index contributed by atoms with van der Waals surface area (Å²) in [4.78, 5) is 20.6. The van der Waals surface area contributed by atoms with Crippen LogP contribution in [0.2, 0.25) is 5.02 Å². The molecule has 41 heavy (non-hydrogen) atoms. The van der Waals surface area contributed by atoms with Crippen molar-refractivity contribution in [2.24, 2.45) is 7.05 Å². The number of phenols is 1. The number of hydrogen-bond donors (Lipinski definition) is 1. The number of aryl methyl sites for hydroxylation is 1. The van der Waals surface area contributed by atoms with E-state index in [-0.39, 0.29) is 44.5 Å². The molecule has 3 heterocycles. The van der Waals surface area contributed by atoms with Crippen molar-refractivity contribution < 1.29 is 18.3 Å². The highest BCUT2D eigenvalue weighted by Gasteiger charge is 2.29. The number of aromatic nitrogens is 3. The monoisotopic (exact) mass is 585 g/mol. The van der Waals surface area contributed by atoms with Gasteiger partial charge in [0, 0.05) is 74.0 Å². The van der Waals surface area contributed by atoms with Crippen LogP contribution >= 0.6 is 11.6 Å². The molecule has 1 aliphatic rings. The highest BCUT2D eigenvalue weighted by Crippen LogP contribution is 2.42. The molecule has 2 aromatic carbocycles. The zero-order valence-corrected chi connectivity index (χ0v) is 24.0. The zero-order valence-electron chi connectivity index (χ0n) is 23.2. The van der Waals surface area contributed by atoms with Crippen LogP contribution in [0.1, 0.15) is 32.9 Å². The van der Waals surface area contributed by atoms with Crippen molar-refractivity contribution in [1.29, 1.82) is 0 Å². The van der Waals surface area contributed by atoms with Crippen LogP contribution in [0, 0.1) is 5.82 Å². The summed E-state index contributed by atoms with van der Waals surface area (Å²) in [6, 6.07) is 8.63. The SMILES string of the molecule is Cn1ccn(-c2ccc(-c3cc(F)cc(-c4cnc(C(F)F)c(N5CCN(C(C)(C)C)CC5)c4)c3O)cc2Cl)c1=O. The Balaban J connectivity index is 1.53. The highest BCUT2D eigenvalue weighted by atomic mass is 35.5. The molecule has 7 nitrogen and oxygen atoms in total. The number of aromatic hydroxyl groups is 1. The van der Waals surface area contributed by atoms with Gasteiger partial charge in [-0.05, 0) is 56.7 Å². The van der Waals surface area contributed by atoms with Crippen LogP contribution in [0.4, 0.5) is 18.9 Å². The van der Waals surface area contributed by atoms with Gasteiger partial charge >= 0.3 is 5.69 Å². The smallest absolute Gasteiger partial charge is 0.332 e. The molecule has 0 saturated carbocycles. The van der Waals surface area contributed by atoms with E-state index in [0.717, 1.165) is 6.07 Å². The highest BCUT2D eigenvalue weighted by molar-refractivity contribution is 6.32. The quantitative estimate of drug-likeness (QED) is 0.299. The first-order chi connectivity index (χ1) is 19.3. The van der Waals surface area contributed by atoms with Gasteiger partial charge in [0.25, 0.3) is 6.43 Å². The summed E-state index contributed by atoms with van der Waals surface area (Å²) in [5, 5.41) is 11.5. The third-order valence-electron chi connectivity index (χ3n) is 7.52. The van der Waals surface area contributed by atoms with Gasteiger partial charge in [-0.1, -0.05) is 17.7 Å². The Morgan fingerprint density at radius 1 is 0.951 bits per heavy atom. The first-order valence-corrected chi connectivity index (χ1v) is 13.6. The van der Waals surface area contributed by atoms with Crippen LogP contribution in [0.15, 0.2) is 59.8 Å².